The van der Waals surface area contributed by atoms with Crippen molar-refractivity contribution in [3.8, 4) is 0 Å². The molecule has 5 heteroatoms. The molecule has 1 amide bonds. The Labute approximate surface area is 145 Å². The summed E-state index contributed by atoms with van der Waals surface area (Å²) in [7, 11) is 0. The fourth-order valence-electron chi connectivity index (χ4n) is 1.94. The van der Waals surface area contributed by atoms with E-state index >= 15 is 0 Å². The van der Waals surface area contributed by atoms with Crippen LogP contribution in [0.2, 0.25) is 0 Å². The van der Waals surface area contributed by atoms with Crippen molar-refractivity contribution in [2.45, 2.75) is 51.0 Å². The van der Waals surface area contributed by atoms with Gasteiger partial charge in [-0.25, -0.2) is 0 Å². The monoisotopic (exact) mass is 344 g/mol. The van der Waals surface area contributed by atoms with Gasteiger partial charge in [-0.3, -0.25) is 4.79 Å². The molecule has 0 saturated carbocycles. The number of amides is 1. The minimum Gasteiger partial charge on any atom is -0.354 e. The number of hydrogen-bond donors (Lipinski definition) is 2. The molecule has 0 spiro atoms. The van der Waals surface area contributed by atoms with Crippen LogP contribution in [0.25, 0.3) is 0 Å². The van der Waals surface area contributed by atoms with Crippen molar-refractivity contribution in [2.24, 2.45) is 0 Å². The lowest BCUT2D eigenvalue weighted by Crippen LogP contribution is -2.39. The van der Waals surface area contributed by atoms with Gasteiger partial charge < -0.3 is 10.6 Å². The van der Waals surface area contributed by atoms with Crippen LogP contribution in [0.5, 0.6) is 0 Å². The van der Waals surface area contributed by atoms with Gasteiger partial charge >= 0.3 is 0 Å². The van der Waals surface area contributed by atoms with E-state index in [1.807, 2.05) is 0 Å². The van der Waals surface area contributed by atoms with Crippen molar-refractivity contribution in [1.82, 2.24) is 10.6 Å². The molecule has 0 aliphatic heterocycles. The smallest absolute Gasteiger partial charge is 0.230 e. The van der Waals surface area contributed by atoms with Gasteiger partial charge in [-0.2, -0.15) is 0 Å². The molecular formula is C17H29ClN2OS. The van der Waals surface area contributed by atoms with Crippen LogP contribution in [0.1, 0.15) is 40.2 Å². The Morgan fingerprint density at radius 2 is 1.82 bits per heavy atom. The fraction of sp³-hybridized carbons (Fsp3) is 0.588. The Bertz CT molecular complexity index is 443. The number of hydrogen-bond acceptors (Lipinski definition) is 3. The fourth-order valence-corrected chi connectivity index (χ4v) is 2.67. The maximum Gasteiger partial charge on any atom is 0.230 e. The summed E-state index contributed by atoms with van der Waals surface area (Å²) in [6.07, 6.45) is 0. The van der Waals surface area contributed by atoms with E-state index in [2.05, 4.69) is 69.5 Å². The zero-order chi connectivity index (χ0) is 15.9. The summed E-state index contributed by atoms with van der Waals surface area (Å²) < 4.78 is 0. The summed E-state index contributed by atoms with van der Waals surface area (Å²) in [6.45, 7) is 12.3. The van der Waals surface area contributed by atoms with E-state index < -0.39 is 0 Å². The number of halogens is 1. The largest absolute Gasteiger partial charge is 0.354 e. The normalized spacial score (nSPS) is 12.4. The highest BCUT2D eigenvalue weighted by Crippen LogP contribution is 2.25. The zero-order valence-corrected chi connectivity index (χ0v) is 15.9. The molecule has 0 radical (unpaired) electrons. The highest BCUT2D eigenvalue weighted by molar-refractivity contribution is 8.00. The highest BCUT2D eigenvalue weighted by atomic mass is 35.5. The number of carbonyl (C=O) groups excluding carboxylic acids is 1. The van der Waals surface area contributed by atoms with Crippen molar-refractivity contribution in [3.05, 3.63) is 29.8 Å². The maximum absolute atomic E-state index is 11.8. The molecule has 2 N–H and O–H groups in total. The lowest BCUT2D eigenvalue weighted by atomic mass is 9.87. The van der Waals surface area contributed by atoms with Crippen LogP contribution in [0.4, 0.5) is 0 Å². The third-order valence-electron chi connectivity index (χ3n) is 3.25. The molecule has 0 heterocycles. The molecule has 0 aromatic heterocycles. The number of likely N-dealkylation sites (N-methyl/N-ethyl adjacent to an activating group) is 1. The van der Waals surface area contributed by atoms with E-state index in [0.29, 0.717) is 18.3 Å². The molecular weight excluding hydrogens is 316 g/mol. The predicted molar refractivity (Wildman–Crippen MR) is 99.3 cm³/mol. The van der Waals surface area contributed by atoms with Crippen LogP contribution in [-0.2, 0) is 10.2 Å². The molecule has 0 saturated heterocycles. The molecule has 22 heavy (non-hydrogen) atoms. The van der Waals surface area contributed by atoms with E-state index in [1.165, 1.54) is 5.56 Å². The summed E-state index contributed by atoms with van der Waals surface area (Å²) >= 11 is 1.58. The van der Waals surface area contributed by atoms with E-state index in [0.717, 1.165) is 11.4 Å². The SMILES string of the molecule is CCN[C@H](C)CNC(=O)CSc1ccc(C(C)(C)C)cc1.Cl. The topological polar surface area (TPSA) is 41.1 Å². The summed E-state index contributed by atoms with van der Waals surface area (Å²) in [4.78, 5) is 12.9. The van der Waals surface area contributed by atoms with Gasteiger partial charge in [0.2, 0.25) is 5.91 Å². The second-order valence-corrected chi connectivity index (χ2v) is 7.37. The van der Waals surface area contributed by atoms with Gasteiger partial charge in [0.1, 0.15) is 0 Å². The van der Waals surface area contributed by atoms with Crippen molar-refractivity contribution in [2.75, 3.05) is 18.8 Å². The summed E-state index contributed by atoms with van der Waals surface area (Å²) in [5.41, 5.74) is 1.49. The Morgan fingerprint density at radius 3 is 2.32 bits per heavy atom. The summed E-state index contributed by atoms with van der Waals surface area (Å²) in [6, 6.07) is 8.80. The van der Waals surface area contributed by atoms with Gasteiger partial charge in [-0.05, 0) is 36.6 Å². The van der Waals surface area contributed by atoms with Crippen LogP contribution in [0.3, 0.4) is 0 Å². The number of rotatable bonds is 7. The molecule has 1 aromatic rings. The third kappa shape index (κ3) is 8.06. The maximum atomic E-state index is 11.8. The second kappa shape index (κ2) is 10.1. The summed E-state index contributed by atoms with van der Waals surface area (Å²) in [5, 5.41) is 6.22. The van der Waals surface area contributed by atoms with Crippen LogP contribution in [-0.4, -0.2) is 30.8 Å². The molecule has 0 aliphatic rings. The molecule has 1 rings (SSSR count). The van der Waals surface area contributed by atoms with E-state index in [-0.39, 0.29) is 23.7 Å². The molecule has 126 valence electrons. The molecule has 0 unspecified atom stereocenters. The van der Waals surface area contributed by atoms with Gasteiger partial charge in [0.15, 0.2) is 0 Å². The predicted octanol–water partition coefficient (Wildman–Crippen LogP) is 3.61. The van der Waals surface area contributed by atoms with Gasteiger partial charge in [0.05, 0.1) is 5.75 Å². The molecule has 1 atom stereocenters. The van der Waals surface area contributed by atoms with E-state index in [4.69, 9.17) is 0 Å². The number of carbonyl (C=O) groups is 1. The van der Waals surface area contributed by atoms with Gasteiger partial charge in [-0.15, -0.1) is 24.2 Å². The van der Waals surface area contributed by atoms with Crippen molar-refractivity contribution in [1.29, 1.82) is 0 Å². The second-order valence-electron chi connectivity index (χ2n) is 6.33. The first-order valence-corrected chi connectivity index (χ1v) is 8.55. The average Bonchev–Trinajstić information content (AvgIpc) is 2.43. The first-order chi connectivity index (χ1) is 9.82. The van der Waals surface area contributed by atoms with E-state index in [9.17, 15) is 4.79 Å². The van der Waals surface area contributed by atoms with Gasteiger partial charge in [0, 0.05) is 17.5 Å². The van der Waals surface area contributed by atoms with Crippen molar-refractivity contribution < 1.29 is 4.79 Å². The Kier molecular flexibility index (Phi) is 9.81. The number of benzene rings is 1. The Morgan fingerprint density at radius 1 is 1.23 bits per heavy atom. The zero-order valence-electron chi connectivity index (χ0n) is 14.2. The number of nitrogens with one attached hydrogen (secondary N) is 2. The third-order valence-corrected chi connectivity index (χ3v) is 4.26. The van der Waals surface area contributed by atoms with Crippen molar-refractivity contribution in [3.63, 3.8) is 0 Å². The minimum atomic E-state index is 0. The molecule has 3 nitrogen and oxygen atoms in total. The van der Waals surface area contributed by atoms with Gasteiger partial charge in [0.25, 0.3) is 0 Å². The van der Waals surface area contributed by atoms with Crippen LogP contribution in [0.15, 0.2) is 29.2 Å². The van der Waals surface area contributed by atoms with E-state index in [1.54, 1.807) is 11.8 Å². The molecule has 1 aromatic carbocycles. The molecule has 0 fully saturated rings. The van der Waals surface area contributed by atoms with Crippen molar-refractivity contribution >= 4 is 30.1 Å². The molecule has 0 bridgehead atoms. The first kappa shape index (κ1) is 21.3. The standard InChI is InChI=1S/C17H28N2OS.ClH/c1-6-18-13(2)11-19-16(20)12-21-15-9-7-14(8-10-15)17(3,4)5;/h7-10,13,18H,6,11-12H2,1-5H3,(H,19,20);1H/t13-;/m1./s1. The lowest BCUT2D eigenvalue weighted by Gasteiger charge is -2.19. The first-order valence-electron chi connectivity index (χ1n) is 7.56. The quantitative estimate of drug-likeness (QED) is 0.742. The Balaban J connectivity index is 0.00000441. The minimum absolute atomic E-state index is 0. The Hall–Kier alpha value is -0.710. The lowest BCUT2D eigenvalue weighted by molar-refractivity contribution is -0.118. The highest BCUT2D eigenvalue weighted by Gasteiger charge is 2.13. The summed E-state index contributed by atoms with van der Waals surface area (Å²) in [5.74, 6) is 0.554. The van der Waals surface area contributed by atoms with Gasteiger partial charge in [-0.1, -0.05) is 39.8 Å². The average molecular weight is 345 g/mol. The number of thioether (sulfide) groups is 1. The molecule has 0 aliphatic carbocycles. The van der Waals surface area contributed by atoms with Crippen LogP contribution in [0, 0.1) is 0 Å². The van der Waals surface area contributed by atoms with Crippen LogP contribution < -0.4 is 10.6 Å². The van der Waals surface area contributed by atoms with Crippen LogP contribution >= 0.6 is 24.2 Å².